The second kappa shape index (κ2) is 8.85. The molecule has 2 heterocycles. The standard InChI is InChI=1S/C22H20ClN3O3S/c1-14-5-4-6-15(21(14)23)11-16-12-24-22(30-16)25-19(27)13-26-17-7-2-3-8-18(17)29-10-9-20(26)28/h2-8,12H,9-11,13H2,1H3,(H,24,25,27). The lowest BCUT2D eigenvalue weighted by Gasteiger charge is -2.20. The smallest absolute Gasteiger partial charge is 0.246 e. The molecule has 0 unspecified atom stereocenters. The number of carbonyl (C=O) groups is 2. The Bertz CT molecular complexity index is 1100. The van der Waals surface area contributed by atoms with E-state index in [4.69, 9.17) is 16.3 Å². The fourth-order valence-electron chi connectivity index (χ4n) is 3.28. The van der Waals surface area contributed by atoms with E-state index >= 15 is 0 Å². The van der Waals surface area contributed by atoms with Gasteiger partial charge in [0.05, 0.1) is 18.7 Å². The van der Waals surface area contributed by atoms with Gasteiger partial charge in [-0.3, -0.25) is 14.5 Å². The van der Waals surface area contributed by atoms with Crippen LogP contribution in [0.3, 0.4) is 0 Å². The molecule has 0 spiro atoms. The minimum absolute atomic E-state index is 0.0994. The Hall–Kier alpha value is -2.90. The second-order valence-corrected chi connectivity index (χ2v) is 8.44. The van der Waals surface area contributed by atoms with Crippen molar-refractivity contribution in [1.29, 1.82) is 0 Å². The van der Waals surface area contributed by atoms with E-state index in [0.29, 0.717) is 29.6 Å². The molecular formula is C22H20ClN3O3S. The van der Waals surface area contributed by atoms with Gasteiger partial charge in [-0.2, -0.15) is 0 Å². The molecule has 0 saturated heterocycles. The van der Waals surface area contributed by atoms with E-state index in [1.54, 1.807) is 18.3 Å². The molecule has 30 heavy (non-hydrogen) atoms. The number of ether oxygens (including phenoxy) is 1. The third kappa shape index (κ3) is 4.47. The van der Waals surface area contributed by atoms with Gasteiger partial charge in [0.25, 0.3) is 0 Å². The number of anilines is 2. The van der Waals surface area contributed by atoms with Crippen molar-refractivity contribution in [2.24, 2.45) is 0 Å². The number of aromatic nitrogens is 1. The number of fused-ring (bicyclic) bond motifs is 1. The minimum Gasteiger partial charge on any atom is -0.491 e. The molecule has 0 bridgehead atoms. The van der Waals surface area contributed by atoms with Gasteiger partial charge >= 0.3 is 0 Å². The van der Waals surface area contributed by atoms with E-state index in [9.17, 15) is 9.59 Å². The Morgan fingerprint density at radius 2 is 2.10 bits per heavy atom. The van der Waals surface area contributed by atoms with Crippen LogP contribution in [0.4, 0.5) is 10.8 Å². The van der Waals surface area contributed by atoms with Crippen molar-refractivity contribution in [2.45, 2.75) is 19.8 Å². The normalized spacial score (nSPS) is 13.4. The third-order valence-corrected chi connectivity index (χ3v) is 6.22. The van der Waals surface area contributed by atoms with Gasteiger partial charge in [-0.15, -0.1) is 11.3 Å². The molecule has 0 aliphatic carbocycles. The number of benzene rings is 2. The van der Waals surface area contributed by atoms with Gasteiger partial charge in [0.2, 0.25) is 11.8 Å². The van der Waals surface area contributed by atoms with Crippen LogP contribution in [0.15, 0.2) is 48.7 Å². The molecule has 1 aliphatic heterocycles. The lowest BCUT2D eigenvalue weighted by Crippen LogP contribution is -2.37. The predicted molar refractivity (Wildman–Crippen MR) is 119 cm³/mol. The number of hydrogen-bond acceptors (Lipinski definition) is 5. The summed E-state index contributed by atoms with van der Waals surface area (Å²) in [4.78, 5) is 31.8. The highest BCUT2D eigenvalue weighted by Gasteiger charge is 2.25. The summed E-state index contributed by atoms with van der Waals surface area (Å²) < 4.78 is 5.61. The van der Waals surface area contributed by atoms with Crippen LogP contribution in [0.2, 0.25) is 5.02 Å². The summed E-state index contributed by atoms with van der Waals surface area (Å²) in [5, 5.41) is 4.03. The van der Waals surface area contributed by atoms with Crippen molar-refractivity contribution in [2.75, 3.05) is 23.4 Å². The molecule has 1 N–H and O–H groups in total. The number of carbonyl (C=O) groups excluding carboxylic acids is 2. The van der Waals surface area contributed by atoms with E-state index in [0.717, 1.165) is 21.0 Å². The van der Waals surface area contributed by atoms with Crippen LogP contribution >= 0.6 is 22.9 Å². The Kier molecular flexibility index (Phi) is 6.01. The van der Waals surface area contributed by atoms with Crippen molar-refractivity contribution in [3.8, 4) is 5.75 Å². The van der Waals surface area contributed by atoms with E-state index in [1.165, 1.54) is 16.2 Å². The number of hydrogen-bond donors (Lipinski definition) is 1. The van der Waals surface area contributed by atoms with Gasteiger partial charge in [-0.05, 0) is 30.2 Å². The first-order valence-electron chi connectivity index (χ1n) is 9.52. The van der Waals surface area contributed by atoms with E-state index in [-0.39, 0.29) is 24.8 Å². The highest BCUT2D eigenvalue weighted by Crippen LogP contribution is 2.31. The lowest BCUT2D eigenvalue weighted by atomic mass is 10.1. The first-order valence-corrected chi connectivity index (χ1v) is 10.7. The largest absolute Gasteiger partial charge is 0.491 e. The molecule has 3 aromatic rings. The molecule has 0 saturated carbocycles. The number of rotatable bonds is 5. The predicted octanol–water partition coefficient (Wildman–Crippen LogP) is 4.45. The molecule has 6 nitrogen and oxygen atoms in total. The Morgan fingerprint density at radius 1 is 1.27 bits per heavy atom. The number of nitrogens with zero attached hydrogens (tertiary/aromatic N) is 2. The Morgan fingerprint density at radius 3 is 2.97 bits per heavy atom. The molecule has 4 rings (SSSR count). The lowest BCUT2D eigenvalue weighted by molar-refractivity contribution is -0.121. The van der Waals surface area contributed by atoms with Crippen molar-refractivity contribution >= 4 is 45.6 Å². The van der Waals surface area contributed by atoms with E-state index in [1.807, 2.05) is 37.3 Å². The van der Waals surface area contributed by atoms with Crippen molar-refractivity contribution in [3.63, 3.8) is 0 Å². The minimum atomic E-state index is -0.311. The highest BCUT2D eigenvalue weighted by atomic mass is 35.5. The number of halogens is 1. The average molecular weight is 442 g/mol. The molecule has 2 amide bonds. The maximum atomic E-state index is 12.6. The van der Waals surface area contributed by atoms with Crippen LogP contribution in [0.1, 0.15) is 22.4 Å². The second-order valence-electron chi connectivity index (χ2n) is 6.95. The van der Waals surface area contributed by atoms with E-state index < -0.39 is 0 Å². The highest BCUT2D eigenvalue weighted by molar-refractivity contribution is 7.15. The monoisotopic (exact) mass is 441 g/mol. The molecule has 2 aromatic carbocycles. The number of thiazole rings is 1. The average Bonchev–Trinajstić information content (AvgIpc) is 3.10. The number of aryl methyl sites for hydroxylation is 1. The van der Waals surface area contributed by atoms with Gasteiger partial charge in [0, 0.05) is 22.5 Å². The van der Waals surface area contributed by atoms with Gasteiger partial charge < -0.3 is 10.1 Å². The quantitative estimate of drug-likeness (QED) is 0.635. The molecule has 0 radical (unpaired) electrons. The zero-order chi connectivity index (χ0) is 21.1. The molecule has 0 fully saturated rings. The van der Waals surface area contributed by atoms with Crippen molar-refractivity contribution < 1.29 is 14.3 Å². The molecule has 1 aromatic heterocycles. The summed E-state index contributed by atoms with van der Waals surface area (Å²) in [5.74, 6) is 0.140. The molecule has 154 valence electrons. The van der Waals surface area contributed by atoms with Crippen LogP contribution < -0.4 is 15.0 Å². The fourth-order valence-corrected chi connectivity index (χ4v) is 4.32. The zero-order valence-corrected chi connectivity index (χ0v) is 17.9. The molecule has 8 heteroatoms. The van der Waals surface area contributed by atoms with Crippen LogP contribution in [0.25, 0.3) is 0 Å². The Labute approximate surface area is 183 Å². The first-order chi connectivity index (χ1) is 14.5. The van der Waals surface area contributed by atoms with Crippen LogP contribution in [0.5, 0.6) is 5.75 Å². The summed E-state index contributed by atoms with van der Waals surface area (Å²) in [6, 6.07) is 13.1. The number of para-hydroxylation sites is 2. The Balaban J connectivity index is 1.44. The summed E-state index contributed by atoms with van der Waals surface area (Å²) in [6.45, 7) is 2.17. The summed E-state index contributed by atoms with van der Waals surface area (Å²) >= 11 is 7.77. The summed E-state index contributed by atoms with van der Waals surface area (Å²) in [5.41, 5.74) is 2.65. The van der Waals surface area contributed by atoms with E-state index in [2.05, 4.69) is 10.3 Å². The van der Waals surface area contributed by atoms with Crippen LogP contribution in [-0.4, -0.2) is 29.9 Å². The SMILES string of the molecule is Cc1cccc(Cc2cnc(NC(=O)CN3C(=O)CCOc4ccccc43)s2)c1Cl. The van der Waals surface area contributed by atoms with Crippen molar-refractivity contribution in [1.82, 2.24) is 4.98 Å². The zero-order valence-electron chi connectivity index (χ0n) is 16.4. The third-order valence-electron chi connectivity index (χ3n) is 4.77. The topological polar surface area (TPSA) is 71.5 Å². The first kappa shape index (κ1) is 20.4. The fraction of sp³-hybridized carbons (Fsp3) is 0.227. The number of amides is 2. The van der Waals surface area contributed by atoms with Crippen molar-refractivity contribution in [3.05, 3.63) is 69.7 Å². The summed E-state index contributed by atoms with van der Waals surface area (Å²) in [7, 11) is 0. The van der Waals surface area contributed by atoms with Crippen LogP contribution in [0, 0.1) is 6.92 Å². The maximum Gasteiger partial charge on any atom is 0.246 e. The van der Waals surface area contributed by atoms with Gasteiger partial charge in [-0.1, -0.05) is 41.9 Å². The van der Waals surface area contributed by atoms with Crippen LogP contribution in [-0.2, 0) is 16.0 Å². The summed E-state index contributed by atoms with van der Waals surface area (Å²) in [6.07, 6.45) is 2.60. The van der Waals surface area contributed by atoms with Gasteiger partial charge in [0.15, 0.2) is 5.13 Å². The maximum absolute atomic E-state index is 12.6. The van der Waals surface area contributed by atoms with Gasteiger partial charge in [0.1, 0.15) is 12.3 Å². The number of nitrogens with one attached hydrogen (secondary N) is 1. The van der Waals surface area contributed by atoms with Gasteiger partial charge in [-0.25, -0.2) is 4.98 Å². The molecule has 1 aliphatic rings. The molecular weight excluding hydrogens is 422 g/mol. The molecule has 0 atom stereocenters.